The predicted molar refractivity (Wildman–Crippen MR) is 97.1 cm³/mol. The molecule has 0 radical (unpaired) electrons. The largest absolute Gasteiger partial charge is 0.368 e. The summed E-state index contributed by atoms with van der Waals surface area (Å²) >= 11 is 0. The van der Waals surface area contributed by atoms with Crippen LogP contribution in [0.25, 0.3) is 0 Å². The molecular formula is C17H18N8O. The van der Waals surface area contributed by atoms with E-state index in [0.29, 0.717) is 36.2 Å². The van der Waals surface area contributed by atoms with E-state index in [1.807, 2.05) is 25.1 Å². The van der Waals surface area contributed by atoms with E-state index >= 15 is 0 Å². The Hall–Kier alpha value is -3.62. The molecule has 3 aromatic rings. The van der Waals surface area contributed by atoms with Crippen LogP contribution in [0.15, 0.2) is 49.2 Å². The van der Waals surface area contributed by atoms with E-state index in [1.165, 1.54) is 12.5 Å². The highest BCUT2D eigenvalue weighted by molar-refractivity contribution is 5.91. The average Bonchev–Trinajstić information content (AvgIpc) is 2.67. The van der Waals surface area contributed by atoms with Gasteiger partial charge in [0.15, 0.2) is 0 Å². The summed E-state index contributed by atoms with van der Waals surface area (Å²) in [4.78, 5) is 32.5. The van der Waals surface area contributed by atoms with E-state index < -0.39 is 0 Å². The lowest BCUT2D eigenvalue weighted by atomic mass is 10.4. The van der Waals surface area contributed by atoms with Crippen molar-refractivity contribution in [1.29, 1.82) is 0 Å². The lowest BCUT2D eigenvalue weighted by Crippen LogP contribution is -2.29. The molecule has 3 heterocycles. The lowest BCUT2D eigenvalue weighted by Gasteiger charge is -2.09. The van der Waals surface area contributed by atoms with Crippen LogP contribution < -0.4 is 16.0 Å². The zero-order chi connectivity index (χ0) is 18.2. The molecule has 3 aromatic heterocycles. The first-order valence-electron chi connectivity index (χ1n) is 8.01. The van der Waals surface area contributed by atoms with Gasteiger partial charge in [-0.3, -0.25) is 9.78 Å². The molecule has 26 heavy (non-hydrogen) atoms. The highest BCUT2D eigenvalue weighted by Gasteiger charge is 2.06. The summed E-state index contributed by atoms with van der Waals surface area (Å²) in [5, 5.41) is 8.99. The fraction of sp³-hybridized carbons (Fsp3) is 0.176. The third-order valence-corrected chi connectivity index (χ3v) is 3.32. The van der Waals surface area contributed by atoms with Crippen LogP contribution in [0.2, 0.25) is 0 Å². The lowest BCUT2D eigenvalue weighted by molar-refractivity contribution is 0.0950. The molecule has 9 heteroatoms. The van der Waals surface area contributed by atoms with Crippen LogP contribution in [0.5, 0.6) is 0 Å². The Balaban J connectivity index is 1.47. The summed E-state index contributed by atoms with van der Waals surface area (Å²) in [6.07, 6.45) is 6.17. The summed E-state index contributed by atoms with van der Waals surface area (Å²) in [6, 6.07) is 7.34. The Morgan fingerprint density at radius 1 is 0.962 bits per heavy atom. The van der Waals surface area contributed by atoms with E-state index in [0.717, 1.165) is 5.69 Å². The molecule has 0 aliphatic carbocycles. The molecule has 0 bridgehead atoms. The van der Waals surface area contributed by atoms with Gasteiger partial charge in [0.05, 0.1) is 11.9 Å². The number of aromatic nitrogens is 5. The number of rotatable bonds is 7. The van der Waals surface area contributed by atoms with Crippen molar-refractivity contribution in [3.05, 3.63) is 60.6 Å². The first kappa shape index (κ1) is 17.2. The summed E-state index contributed by atoms with van der Waals surface area (Å²) < 4.78 is 0. The first-order chi connectivity index (χ1) is 12.7. The van der Waals surface area contributed by atoms with Gasteiger partial charge in [-0.25, -0.2) is 19.9 Å². The standard InChI is InChI=1S/C17H18N8O/c1-12-9-22-13(10-21-12)17(26)20-7-6-19-15-8-16(24-11-23-15)25-14-4-2-3-5-18-14/h2-5,8-11H,6-7H2,1H3,(H,20,26)(H2,18,19,23,24,25). The zero-order valence-electron chi connectivity index (χ0n) is 14.2. The maximum absolute atomic E-state index is 11.9. The van der Waals surface area contributed by atoms with Crippen LogP contribution in [0.4, 0.5) is 17.5 Å². The maximum Gasteiger partial charge on any atom is 0.271 e. The number of nitrogens with zero attached hydrogens (tertiary/aromatic N) is 5. The zero-order valence-corrected chi connectivity index (χ0v) is 14.2. The molecule has 1 amide bonds. The number of pyridine rings is 1. The van der Waals surface area contributed by atoms with Crippen molar-refractivity contribution in [3.8, 4) is 0 Å². The van der Waals surface area contributed by atoms with E-state index in [4.69, 9.17) is 0 Å². The number of carbonyl (C=O) groups excluding carboxylic acids is 1. The number of hydrogen-bond acceptors (Lipinski definition) is 8. The van der Waals surface area contributed by atoms with Gasteiger partial charge in [0, 0.05) is 31.5 Å². The third-order valence-electron chi connectivity index (χ3n) is 3.32. The molecule has 132 valence electrons. The Morgan fingerprint density at radius 3 is 2.62 bits per heavy atom. The number of aryl methyl sites for hydroxylation is 1. The normalized spacial score (nSPS) is 10.2. The maximum atomic E-state index is 11.9. The summed E-state index contributed by atoms with van der Waals surface area (Å²) in [7, 11) is 0. The van der Waals surface area contributed by atoms with Crippen molar-refractivity contribution in [3.63, 3.8) is 0 Å². The number of hydrogen-bond donors (Lipinski definition) is 3. The molecular weight excluding hydrogens is 332 g/mol. The quantitative estimate of drug-likeness (QED) is 0.550. The molecule has 3 rings (SSSR count). The van der Waals surface area contributed by atoms with Gasteiger partial charge in [0.25, 0.3) is 5.91 Å². The topological polar surface area (TPSA) is 118 Å². The van der Waals surface area contributed by atoms with Crippen molar-refractivity contribution in [2.45, 2.75) is 6.92 Å². The van der Waals surface area contributed by atoms with E-state index in [1.54, 1.807) is 18.5 Å². The molecule has 0 atom stereocenters. The predicted octanol–water partition coefficient (Wildman–Crippen LogP) is 1.56. The Bertz CT molecular complexity index is 854. The van der Waals surface area contributed by atoms with Gasteiger partial charge < -0.3 is 16.0 Å². The fourth-order valence-corrected chi connectivity index (χ4v) is 2.06. The molecule has 0 saturated carbocycles. The van der Waals surface area contributed by atoms with E-state index in [9.17, 15) is 4.79 Å². The second-order valence-corrected chi connectivity index (χ2v) is 5.35. The second-order valence-electron chi connectivity index (χ2n) is 5.35. The van der Waals surface area contributed by atoms with Gasteiger partial charge in [0.2, 0.25) is 0 Å². The molecule has 0 aromatic carbocycles. The molecule has 0 aliphatic rings. The van der Waals surface area contributed by atoms with Crippen LogP contribution in [0.3, 0.4) is 0 Å². The minimum Gasteiger partial charge on any atom is -0.368 e. The van der Waals surface area contributed by atoms with Crippen molar-refractivity contribution < 1.29 is 4.79 Å². The molecule has 0 unspecified atom stereocenters. The Kier molecular flexibility index (Phi) is 5.61. The van der Waals surface area contributed by atoms with Crippen LogP contribution in [0, 0.1) is 6.92 Å². The molecule has 0 spiro atoms. The van der Waals surface area contributed by atoms with E-state index in [-0.39, 0.29) is 5.91 Å². The van der Waals surface area contributed by atoms with Gasteiger partial charge >= 0.3 is 0 Å². The second kappa shape index (κ2) is 8.47. The highest BCUT2D eigenvalue weighted by Crippen LogP contribution is 2.13. The van der Waals surface area contributed by atoms with Crippen LogP contribution >= 0.6 is 0 Å². The SMILES string of the molecule is Cc1cnc(C(=O)NCCNc2cc(Nc3ccccn3)ncn2)cn1. The third kappa shape index (κ3) is 4.94. The summed E-state index contributed by atoms with van der Waals surface area (Å²) in [5.74, 6) is 1.70. The minimum atomic E-state index is -0.264. The Morgan fingerprint density at radius 2 is 1.85 bits per heavy atom. The van der Waals surface area contributed by atoms with Gasteiger partial charge in [-0.2, -0.15) is 0 Å². The minimum absolute atomic E-state index is 0.264. The number of nitrogens with one attached hydrogen (secondary N) is 3. The van der Waals surface area contributed by atoms with Crippen molar-refractivity contribution in [1.82, 2.24) is 30.2 Å². The van der Waals surface area contributed by atoms with Gasteiger partial charge in [-0.1, -0.05) is 6.07 Å². The molecule has 9 nitrogen and oxygen atoms in total. The Labute approximate surface area is 150 Å². The summed E-state index contributed by atoms with van der Waals surface area (Å²) in [5.41, 5.74) is 1.06. The first-order valence-corrected chi connectivity index (χ1v) is 8.01. The molecule has 3 N–H and O–H groups in total. The number of anilines is 3. The molecule has 0 aliphatic heterocycles. The molecule has 0 saturated heterocycles. The van der Waals surface area contributed by atoms with Crippen LogP contribution in [-0.4, -0.2) is 43.9 Å². The smallest absolute Gasteiger partial charge is 0.271 e. The van der Waals surface area contributed by atoms with Crippen LogP contribution in [-0.2, 0) is 0 Å². The molecule has 0 fully saturated rings. The van der Waals surface area contributed by atoms with E-state index in [2.05, 4.69) is 40.9 Å². The fourth-order valence-electron chi connectivity index (χ4n) is 2.06. The average molecular weight is 350 g/mol. The monoisotopic (exact) mass is 350 g/mol. The van der Waals surface area contributed by atoms with Crippen molar-refractivity contribution in [2.24, 2.45) is 0 Å². The van der Waals surface area contributed by atoms with Gasteiger partial charge in [0.1, 0.15) is 29.5 Å². The highest BCUT2D eigenvalue weighted by atomic mass is 16.1. The van der Waals surface area contributed by atoms with Gasteiger partial charge in [-0.05, 0) is 19.1 Å². The van der Waals surface area contributed by atoms with Crippen molar-refractivity contribution in [2.75, 3.05) is 23.7 Å². The van der Waals surface area contributed by atoms with Gasteiger partial charge in [-0.15, -0.1) is 0 Å². The number of amides is 1. The van der Waals surface area contributed by atoms with Crippen molar-refractivity contribution >= 4 is 23.4 Å². The summed E-state index contributed by atoms with van der Waals surface area (Å²) in [6.45, 7) is 2.74. The van der Waals surface area contributed by atoms with Crippen LogP contribution in [0.1, 0.15) is 16.2 Å². The number of carbonyl (C=O) groups is 1.